The van der Waals surface area contributed by atoms with E-state index in [9.17, 15) is 9.59 Å². The SMILES string of the molecule is CCc1ccccc1C(=O)N1CCN(c2cccc(OC)c2)C(=O)C1. The summed E-state index contributed by atoms with van der Waals surface area (Å²) in [7, 11) is 1.60. The number of anilines is 1. The molecule has 1 aliphatic rings. The van der Waals surface area contributed by atoms with Gasteiger partial charge in [-0.15, -0.1) is 0 Å². The van der Waals surface area contributed by atoms with E-state index >= 15 is 0 Å². The van der Waals surface area contributed by atoms with Gasteiger partial charge in [-0.3, -0.25) is 9.59 Å². The van der Waals surface area contributed by atoms with Crippen LogP contribution in [0.15, 0.2) is 48.5 Å². The fourth-order valence-corrected chi connectivity index (χ4v) is 3.11. The van der Waals surface area contributed by atoms with E-state index in [-0.39, 0.29) is 18.4 Å². The maximum Gasteiger partial charge on any atom is 0.254 e. The number of rotatable bonds is 4. The van der Waals surface area contributed by atoms with Gasteiger partial charge in [-0.2, -0.15) is 0 Å². The van der Waals surface area contributed by atoms with Crippen molar-refractivity contribution in [2.75, 3.05) is 31.6 Å². The summed E-state index contributed by atoms with van der Waals surface area (Å²) in [6.07, 6.45) is 0.791. The van der Waals surface area contributed by atoms with Gasteiger partial charge in [0.05, 0.1) is 7.11 Å². The molecule has 5 heteroatoms. The zero-order chi connectivity index (χ0) is 17.8. The predicted octanol–water partition coefficient (Wildman–Crippen LogP) is 2.75. The Hall–Kier alpha value is -2.82. The van der Waals surface area contributed by atoms with Crippen LogP contribution in [-0.2, 0) is 11.2 Å². The number of methoxy groups -OCH3 is 1. The number of hydrogen-bond donors (Lipinski definition) is 0. The molecule has 0 aliphatic carbocycles. The first-order valence-electron chi connectivity index (χ1n) is 8.45. The highest BCUT2D eigenvalue weighted by molar-refractivity contribution is 6.02. The Morgan fingerprint density at radius 2 is 1.92 bits per heavy atom. The zero-order valence-electron chi connectivity index (χ0n) is 14.6. The number of amides is 2. The van der Waals surface area contributed by atoms with Gasteiger partial charge >= 0.3 is 0 Å². The number of carbonyl (C=O) groups is 2. The van der Waals surface area contributed by atoms with Crippen LogP contribution in [0.25, 0.3) is 0 Å². The number of carbonyl (C=O) groups excluding carboxylic acids is 2. The molecule has 0 radical (unpaired) electrons. The summed E-state index contributed by atoms with van der Waals surface area (Å²) in [6, 6.07) is 15.0. The topological polar surface area (TPSA) is 49.9 Å². The zero-order valence-corrected chi connectivity index (χ0v) is 14.6. The molecule has 0 aromatic heterocycles. The fourth-order valence-electron chi connectivity index (χ4n) is 3.11. The molecular weight excluding hydrogens is 316 g/mol. The maximum atomic E-state index is 12.8. The van der Waals surface area contributed by atoms with Crippen molar-refractivity contribution < 1.29 is 14.3 Å². The van der Waals surface area contributed by atoms with E-state index in [1.807, 2.05) is 55.5 Å². The lowest BCUT2D eigenvalue weighted by molar-refractivity contribution is -0.120. The molecule has 130 valence electrons. The van der Waals surface area contributed by atoms with Gasteiger partial charge in [0.15, 0.2) is 0 Å². The molecule has 1 aliphatic heterocycles. The first-order chi connectivity index (χ1) is 12.1. The summed E-state index contributed by atoms with van der Waals surface area (Å²) >= 11 is 0. The Morgan fingerprint density at radius 3 is 2.64 bits per heavy atom. The first-order valence-corrected chi connectivity index (χ1v) is 8.45. The molecule has 0 spiro atoms. The van der Waals surface area contributed by atoms with Crippen LogP contribution in [0.4, 0.5) is 5.69 Å². The number of hydrogen-bond acceptors (Lipinski definition) is 3. The molecule has 5 nitrogen and oxygen atoms in total. The molecule has 0 unspecified atom stereocenters. The van der Waals surface area contributed by atoms with Crippen molar-refractivity contribution in [3.05, 3.63) is 59.7 Å². The molecule has 0 bridgehead atoms. The van der Waals surface area contributed by atoms with Crippen LogP contribution in [0, 0.1) is 0 Å². The van der Waals surface area contributed by atoms with Gasteiger partial charge in [0, 0.05) is 30.4 Å². The molecule has 0 saturated carbocycles. The normalized spacial score (nSPS) is 14.6. The van der Waals surface area contributed by atoms with Crippen molar-refractivity contribution in [1.82, 2.24) is 4.90 Å². The smallest absolute Gasteiger partial charge is 0.254 e. The molecule has 25 heavy (non-hydrogen) atoms. The molecule has 2 amide bonds. The maximum absolute atomic E-state index is 12.8. The molecule has 0 N–H and O–H groups in total. The van der Waals surface area contributed by atoms with Gasteiger partial charge in [-0.25, -0.2) is 0 Å². The molecule has 2 aromatic carbocycles. The van der Waals surface area contributed by atoms with E-state index in [0.29, 0.717) is 24.4 Å². The standard InChI is InChI=1S/C20H22N2O3/c1-3-15-7-4-5-10-18(15)20(24)21-11-12-22(19(23)14-21)16-8-6-9-17(13-16)25-2/h4-10,13H,3,11-12,14H2,1-2H3. The van der Waals surface area contributed by atoms with Crippen LogP contribution in [0.5, 0.6) is 5.75 Å². The highest BCUT2D eigenvalue weighted by atomic mass is 16.5. The number of benzene rings is 2. The van der Waals surface area contributed by atoms with E-state index < -0.39 is 0 Å². The minimum Gasteiger partial charge on any atom is -0.497 e. The monoisotopic (exact) mass is 338 g/mol. The van der Waals surface area contributed by atoms with Crippen LogP contribution < -0.4 is 9.64 Å². The van der Waals surface area contributed by atoms with E-state index in [1.165, 1.54) is 0 Å². The number of ether oxygens (including phenoxy) is 1. The molecular formula is C20H22N2O3. The first kappa shape index (κ1) is 17.0. The van der Waals surface area contributed by atoms with Crippen LogP contribution in [0.1, 0.15) is 22.8 Å². The third-order valence-electron chi connectivity index (χ3n) is 4.50. The average Bonchev–Trinajstić information content (AvgIpc) is 2.67. The van der Waals surface area contributed by atoms with Crippen LogP contribution in [0.2, 0.25) is 0 Å². The van der Waals surface area contributed by atoms with Crippen molar-refractivity contribution in [2.24, 2.45) is 0 Å². The Labute approximate surface area is 147 Å². The number of nitrogens with zero attached hydrogens (tertiary/aromatic N) is 2. The summed E-state index contributed by atoms with van der Waals surface area (Å²) in [5.41, 5.74) is 2.49. The van der Waals surface area contributed by atoms with Crippen LogP contribution >= 0.6 is 0 Å². The van der Waals surface area contributed by atoms with Gasteiger partial charge in [0.25, 0.3) is 5.91 Å². The molecule has 2 aromatic rings. The van der Waals surface area contributed by atoms with Crippen LogP contribution in [-0.4, -0.2) is 43.5 Å². The lowest BCUT2D eigenvalue weighted by Crippen LogP contribution is -2.52. The largest absolute Gasteiger partial charge is 0.497 e. The third-order valence-corrected chi connectivity index (χ3v) is 4.50. The second-order valence-electron chi connectivity index (χ2n) is 5.98. The van der Waals surface area contributed by atoms with Crippen molar-refractivity contribution in [3.8, 4) is 5.75 Å². The van der Waals surface area contributed by atoms with E-state index in [2.05, 4.69) is 0 Å². The van der Waals surface area contributed by atoms with Gasteiger partial charge < -0.3 is 14.5 Å². The van der Waals surface area contributed by atoms with Crippen LogP contribution in [0.3, 0.4) is 0 Å². The van der Waals surface area contributed by atoms with Gasteiger partial charge in [-0.1, -0.05) is 31.2 Å². The van der Waals surface area contributed by atoms with Crippen molar-refractivity contribution in [1.29, 1.82) is 0 Å². The van der Waals surface area contributed by atoms with Crippen molar-refractivity contribution in [3.63, 3.8) is 0 Å². The highest BCUT2D eigenvalue weighted by Gasteiger charge is 2.29. The summed E-state index contributed by atoms with van der Waals surface area (Å²) in [4.78, 5) is 28.7. The minimum atomic E-state index is -0.0816. The Morgan fingerprint density at radius 1 is 1.12 bits per heavy atom. The second-order valence-corrected chi connectivity index (χ2v) is 5.98. The minimum absolute atomic E-state index is 0.0731. The summed E-state index contributed by atoms with van der Waals surface area (Å²) in [5, 5.41) is 0. The van der Waals surface area contributed by atoms with Crippen molar-refractivity contribution in [2.45, 2.75) is 13.3 Å². The molecule has 3 rings (SSSR count). The van der Waals surface area contributed by atoms with Gasteiger partial charge in [-0.05, 0) is 30.2 Å². The summed E-state index contributed by atoms with van der Waals surface area (Å²) in [5.74, 6) is 0.554. The van der Waals surface area contributed by atoms with E-state index in [1.54, 1.807) is 16.9 Å². The molecule has 1 heterocycles. The average molecular weight is 338 g/mol. The fraction of sp³-hybridized carbons (Fsp3) is 0.300. The predicted molar refractivity (Wildman–Crippen MR) is 97.1 cm³/mol. The number of aryl methyl sites for hydroxylation is 1. The molecule has 1 saturated heterocycles. The highest BCUT2D eigenvalue weighted by Crippen LogP contribution is 2.23. The third kappa shape index (κ3) is 3.50. The Bertz CT molecular complexity index is 788. The Kier molecular flexibility index (Phi) is 5.03. The lowest BCUT2D eigenvalue weighted by Gasteiger charge is -2.34. The summed E-state index contributed by atoms with van der Waals surface area (Å²) in [6.45, 7) is 3.11. The molecule has 0 atom stereocenters. The number of piperazine rings is 1. The van der Waals surface area contributed by atoms with Crippen molar-refractivity contribution >= 4 is 17.5 Å². The molecule has 1 fully saturated rings. The van der Waals surface area contributed by atoms with E-state index in [0.717, 1.165) is 17.7 Å². The quantitative estimate of drug-likeness (QED) is 0.861. The second kappa shape index (κ2) is 7.38. The van der Waals surface area contributed by atoms with E-state index in [4.69, 9.17) is 4.74 Å². The Balaban J connectivity index is 1.75. The van der Waals surface area contributed by atoms with Gasteiger partial charge in [0.1, 0.15) is 12.3 Å². The van der Waals surface area contributed by atoms with Gasteiger partial charge in [0.2, 0.25) is 5.91 Å². The lowest BCUT2D eigenvalue weighted by atomic mass is 10.0. The summed E-state index contributed by atoms with van der Waals surface area (Å²) < 4.78 is 5.22.